The van der Waals surface area contributed by atoms with Crippen LogP contribution in [0.4, 0.5) is 0 Å². The molecule has 3 rings (SSSR count). The summed E-state index contributed by atoms with van der Waals surface area (Å²) in [5.74, 6) is 2.41. The maximum absolute atomic E-state index is 12.7. The first kappa shape index (κ1) is 20.7. The lowest BCUT2D eigenvalue weighted by atomic mass is 9.77. The highest BCUT2D eigenvalue weighted by Crippen LogP contribution is 2.33. The van der Waals surface area contributed by atoms with Gasteiger partial charge in [0.05, 0.1) is 32.5 Å². The molecule has 0 aromatic heterocycles. The van der Waals surface area contributed by atoms with Crippen LogP contribution in [0.15, 0.2) is 28.1 Å². The smallest absolute Gasteiger partial charge is 0.264 e. The Morgan fingerprint density at radius 3 is 2.57 bits per heavy atom. The van der Waals surface area contributed by atoms with Gasteiger partial charge < -0.3 is 14.8 Å². The SMILES string of the molecule is COc1ccc(S(=O)(=O)NC2=NCN(C3CCCC(C)C3C)CN2)cc1OC. The van der Waals surface area contributed by atoms with E-state index in [0.717, 1.165) is 6.42 Å². The molecule has 0 radical (unpaired) electrons. The summed E-state index contributed by atoms with van der Waals surface area (Å²) in [5, 5.41) is 3.11. The summed E-state index contributed by atoms with van der Waals surface area (Å²) in [6.07, 6.45) is 3.67. The molecule has 1 aromatic carbocycles. The van der Waals surface area contributed by atoms with Crippen LogP contribution in [0.3, 0.4) is 0 Å². The van der Waals surface area contributed by atoms with Gasteiger partial charge in [0.1, 0.15) is 0 Å². The summed E-state index contributed by atoms with van der Waals surface area (Å²) in [7, 11) is -0.804. The molecule has 2 N–H and O–H groups in total. The molecule has 1 aliphatic heterocycles. The van der Waals surface area contributed by atoms with E-state index in [0.29, 0.717) is 42.7 Å². The average Bonchev–Trinajstić information content (AvgIpc) is 2.70. The van der Waals surface area contributed by atoms with Crippen molar-refractivity contribution in [2.45, 2.75) is 44.0 Å². The minimum absolute atomic E-state index is 0.0896. The van der Waals surface area contributed by atoms with Crippen molar-refractivity contribution in [3.8, 4) is 11.5 Å². The topological polar surface area (TPSA) is 92.3 Å². The third kappa shape index (κ3) is 4.35. The number of benzene rings is 1. The monoisotopic (exact) mass is 410 g/mol. The van der Waals surface area contributed by atoms with Gasteiger partial charge in [-0.1, -0.05) is 26.7 Å². The van der Waals surface area contributed by atoms with Crippen molar-refractivity contribution in [1.82, 2.24) is 14.9 Å². The maximum atomic E-state index is 12.7. The molecule has 1 aromatic rings. The Morgan fingerprint density at radius 2 is 1.93 bits per heavy atom. The van der Waals surface area contributed by atoms with Crippen molar-refractivity contribution in [2.75, 3.05) is 27.6 Å². The number of guanidine groups is 1. The van der Waals surface area contributed by atoms with E-state index in [1.165, 1.54) is 39.2 Å². The third-order valence-electron chi connectivity index (χ3n) is 5.89. The first-order valence-electron chi connectivity index (χ1n) is 9.63. The molecular weight excluding hydrogens is 380 g/mol. The van der Waals surface area contributed by atoms with Gasteiger partial charge in [-0.3, -0.25) is 4.90 Å². The van der Waals surface area contributed by atoms with Gasteiger partial charge in [0.25, 0.3) is 10.0 Å². The number of sulfonamides is 1. The van der Waals surface area contributed by atoms with Gasteiger partial charge in [-0.2, -0.15) is 0 Å². The molecule has 3 atom stereocenters. The first-order valence-corrected chi connectivity index (χ1v) is 11.1. The predicted molar refractivity (Wildman–Crippen MR) is 108 cm³/mol. The number of nitrogens with one attached hydrogen (secondary N) is 2. The minimum Gasteiger partial charge on any atom is -0.493 e. The van der Waals surface area contributed by atoms with Gasteiger partial charge in [-0.05, 0) is 30.4 Å². The molecule has 3 unspecified atom stereocenters. The largest absolute Gasteiger partial charge is 0.493 e. The number of aliphatic imine (C=N–C) groups is 1. The average molecular weight is 411 g/mol. The van der Waals surface area contributed by atoms with Crippen molar-refractivity contribution in [2.24, 2.45) is 16.8 Å². The first-order chi connectivity index (χ1) is 13.4. The normalized spacial score (nSPS) is 26.1. The fourth-order valence-electron chi connectivity index (χ4n) is 3.97. The second kappa shape index (κ2) is 8.57. The third-order valence-corrected chi connectivity index (χ3v) is 7.23. The van der Waals surface area contributed by atoms with Crippen LogP contribution in [0.1, 0.15) is 33.1 Å². The summed E-state index contributed by atoms with van der Waals surface area (Å²) < 4.78 is 38.3. The van der Waals surface area contributed by atoms with Crippen LogP contribution in [0.25, 0.3) is 0 Å². The zero-order chi connectivity index (χ0) is 20.3. The fraction of sp³-hybridized carbons (Fsp3) is 0.632. The molecule has 0 amide bonds. The van der Waals surface area contributed by atoms with Crippen LogP contribution in [-0.2, 0) is 10.0 Å². The van der Waals surface area contributed by atoms with Gasteiger partial charge >= 0.3 is 0 Å². The number of rotatable bonds is 5. The second-order valence-corrected chi connectivity index (χ2v) is 9.21. The summed E-state index contributed by atoms with van der Waals surface area (Å²) in [6.45, 7) is 5.67. The van der Waals surface area contributed by atoms with Crippen molar-refractivity contribution in [3.63, 3.8) is 0 Å². The van der Waals surface area contributed by atoms with E-state index >= 15 is 0 Å². The molecule has 28 heavy (non-hydrogen) atoms. The molecule has 0 spiro atoms. The van der Waals surface area contributed by atoms with E-state index in [4.69, 9.17) is 9.47 Å². The molecule has 2 aliphatic rings. The molecule has 8 nitrogen and oxygen atoms in total. The van der Waals surface area contributed by atoms with Crippen molar-refractivity contribution in [3.05, 3.63) is 18.2 Å². The van der Waals surface area contributed by atoms with Gasteiger partial charge in [-0.15, -0.1) is 0 Å². The van der Waals surface area contributed by atoms with Crippen LogP contribution < -0.4 is 19.5 Å². The lowest BCUT2D eigenvalue weighted by Gasteiger charge is -2.42. The minimum atomic E-state index is -3.78. The van der Waals surface area contributed by atoms with Crippen LogP contribution in [0.2, 0.25) is 0 Å². The van der Waals surface area contributed by atoms with E-state index in [9.17, 15) is 8.42 Å². The van der Waals surface area contributed by atoms with Gasteiger partial charge in [0.15, 0.2) is 11.5 Å². The summed E-state index contributed by atoms with van der Waals surface area (Å²) >= 11 is 0. The zero-order valence-corrected chi connectivity index (χ0v) is 17.8. The van der Waals surface area contributed by atoms with Crippen LogP contribution in [0, 0.1) is 11.8 Å². The molecule has 156 valence electrons. The molecule has 0 bridgehead atoms. The number of hydrogen-bond acceptors (Lipinski definition) is 7. The van der Waals surface area contributed by atoms with Crippen LogP contribution in [-0.4, -0.2) is 52.9 Å². The van der Waals surface area contributed by atoms with Crippen LogP contribution in [0.5, 0.6) is 11.5 Å². The Bertz CT molecular complexity index is 827. The number of ether oxygens (including phenoxy) is 2. The van der Waals surface area contributed by atoms with Crippen molar-refractivity contribution in [1.29, 1.82) is 0 Å². The maximum Gasteiger partial charge on any atom is 0.264 e. The lowest BCUT2D eigenvalue weighted by molar-refractivity contribution is 0.0768. The highest BCUT2D eigenvalue weighted by molar-refractivity contribution is 7.90. The zero-order valence-electron chi connectivity index (χ0n) is 16.9. The fourth-order valence-corrected chi connectivity index (χ4v) is 4.99. The van der Waals surface area contributed by atoms with E-state index in [-0.39, 0.29) is 10.9 Å². The molecule has 1 heterocycles. The number of hydrogen-bond donors (Lipinski definition) is 2. The second-order valence-electron chi connectivity index (χ2n) is 7.53. The number of methoxy groups -OCH3 is 2. The Labute approximate surface area is 167 Å². The van der Waals surface area contributed by atoms with E-state index in [1.807, 2.05) is 0 Å². The quantitative estimate of drug-likeness (QED) is 0.771. The highest BCUT2D eigenvalue weighted by Gasteiger charge is 2.32. The van der Waals surface area contributed by atoms with E-state index in [1.54, 1.807) is 6.07 Å². The van der Waals surface area contributed by atoms with Crippen LogP contribution >= 0.6 is 0 Å². The molecule has 1 aliphatic carbocycles. The number of nitrogens with zero attached hydrogens (tertiary/aromatic N) is 2. The van der Waals surface area contributed by atoms with Gasteiger partial charge in [-0.25, -0.2) is 18.1 Å². The standard InChI is InChI=1S/C19H30N4O4S/c1-13-6-5-7-16(14(13)2)23-11-20-19(21-12-23)22-28(24,25)15-8-9-17(26-3)18(10-15)27-4/h8-10,13-14,16H,5-7,11-12H2,1-4H3,(H2,20,21,22). The summed E-state index contributed by atoms with van der Waals surface area (Å²) in [5.41, 5.74) is 0. The highest BCUT2D eigenvalue weighted by atomic mass is 32.2. The lowest BCUT2D eigenvalue weighted by Crippen LogP contribution is -2.55. The molecular formula is C19H30N4O4S. The Hall–Kier alpha value is -2.00. The van der Waals surface area contributed by atoms with Gasteiger partial charge in [0.2, 0.25) is 5.96 Å². The summed E-state index contributed by atoms with van der Waals surface area (Å²) in [6, 6.07) is 4.95. The van der Waals surface area contributed by atoms with Crippen molar-refractivity contribution >= 4 is 16.0 Å². The molecule has 1 saturated carbocycles. The predicted octanol–water partition coefficient (Wildman–Crippen LogP) is 1.98. The molecule has 9 heteroatoms. The Morgan fingerprint density at radius 1 is 1.18 bits per heavy atom. The Balaban J connectivity index is 1.68. The van der Waals surface area contributed by atoms with Gasteiger partial charge in [0, 0.05) is 12.1 Å². The van der Waals surface area contributed by atoms with E-state index in [2.05, 4.69) is 33.8 Å². The molecule has 1 fully saturated rings. The Kier molecular flexibility index (Phi) is 6.34. The molecule has 0 saturated heterocycles. The summed E-state index contributed by atoms with van der Waals surface area (Å²) in [4.78, 5) is 6.79. The van der Waals surface area contributed by atoms with E-state index < -0.39 is 10.0 Å². The van der Waals surface area contributed by atoms with Crippen molar-refractivity contribution < 1.29 is 17.9 Å².